The average Bonchev–Trinajstić information content (AvgIpc) is 3.69. The van der Waals surface area contributed by atoms with Crippen molar-refractivity contribution in [3.8, 4) is 16.9 Å². The van der Waals surface area contributed by atoms with E-state index in [-0.39, 0.29) is 46.2 Å². The molecule has 1 aliphatic rings. The van der Waals surface area contributed by atoms with Crippen molar-refractivity contribution >= 4 is 35.0 Å². The van der Waals surface area contributed by atoms with Crippen LogP contribution in [-0.2, 0) is 4.79 Å². The number of methoxy groups -OCH3 is 1. The van der Waals surface area contributed by atoms with Crippen LogP contribution >= 0.6 is 0 Å². The number of aromatic carboxylic acids is 1. The molecule has 1 aliphatic carbocycles. The van der Waals surface area contributed by atoms with Crippen LogP contribution < -0.4 is 20.7 Å². The molecular weight excluding hydrogens is 459 g/mol. The number of hydrogen-bond acceptors (Lipinski definition) is 8. The molecular formula is C23H21FN6O5. The number of nitrogens with zero attached hydrogens (tertiary/aromatic N) is 3. The largest absolute Gasteiger partial charge is 0.494 e. The minimum Gasteiger partial charge on any atom is -0.494 e. The van der Waals surface area contributed by atoms with Gasteiger partial charge in [0.1, 0.15) is 17.3 Å². The van der Waals surface area contributed by atoms with E-state index in [0.717, 1.165) is 18.9 Å². The first-order valence-corrected chi connectivity index (χ1v) is 10.6. The Hall–Kier alpha value is -4.61. The van der Waals surface area contributed by atoms with Crippen LogP contribution in [0.15, 0.2) is 36.5 Å². The first-order chi connectivity index (χ1) is 16.8. The summed E-state index contributed by atoms with van der Waals surface area (Å²) >= 11 is 0. The molecule has 2 heterocycles. The summed E-state index contributed by atoms with van der Waals surface area (Å²) in [7, 11) is 2.80. The minimum absolute atomic E-state index is 0.0705. The number of hydrogen-bond donors (Lipinski definition) is 4. The van der Waals surface area contributed by atoms with Crippen molar-refractivity contribution in [2.45, 2.75) is 12.8 Å². The summed E-state index contributed by atoms with van der Waals surface area (Å²) in [5, 5.41) is 25.0. The van der Waals surface area contributed by atoms with E-state index < -0.39 is 17.7 Å². The number of ether oxygens (including phenoxy) is 1. The number of benzene rings is 1. The van der Waals surface area contributed by atoms with Gasteiger partial charge >= 0.3 is 5.97 Å². The SMILES string of the molecule is CNC(=O)c1nnc(NC(=O)C2CC2)cc1Nc1cc(F)cc(-c2ccc(C(=O)O)nc2)c1OC. The third-order valence-electron chi connectivity index (χ3n) is 5.26. The molecule has 11 nitrogen and oxygen atoms in total. The smallest absolute Gasteiger partial charge is 0.354 e. The van der Waals surface area contributed by atoms with Crippen LogP contribution in [-0.4, -0.2) is 52.2 Å². The van der Waals surface area contributed by atoms with Gasteiger partial charge in [0.25, 0.3) is 5.91 Å². The van der Waals surface area contributed by atoms with E-state index in [4.69, 9.17) is 9.84 Å². The minimum atomic E-state index is -1.19. The Morgan fingerprint density at radius 1 is 1.11 bits per heavy atom. The number of halogens is 1. The van der Waals surface area contributed by atoms with Crippen LogP contribution in [0.2, 0.25) is 0 Å². The number of carbonyl (C=O) groups excluding carboxylic acids is 2. The average molecular weight is 480 g/mol. The molecule has 0 atom stereocenters. The molecule has 3 aromatic rings. The molecule has 1 saturated carbocycles. The van der Waals surface area contributed by atoms with Gasteiger partial charge in [0.15, 0.2) is 11.5 Å². The molecule has 0 radical (unpaired) electrons. The number of carboxylic acids is 1. The highest BCUT2D eigenvalue weighted by atomic mass is 19.1. The van der Waals surface area contributed by atoms with Crippen LogP contribution in [0.3, 0.4) is 0 Å². The number of carbonyl (C=O) groups is 3. The fourth-order valence-electron chi connectivity index (χ4n) is 3.35. The van der Waals surface area contributed by atoms with E-state index in [1.165, 1.54) is 44.6 Å². The zero-order valence-corrected chi connectivity index (χ0v) is 18.8. The Bertz CT molecular complexity index is 1310. The van der Waals surface area contributed by atoms with E-state index in [2.05, 4.69) is 31.1 Å². The zero-order chi connectivity index (χ0) is 25.1. The number of rotatable bonds is 8. The van der Waals surface area contributed by atoms with Crippen molar-refractivity contribution in [2.75, 3.05) is 24.8 Å². The Morgan fingerprint density at radius 2 is 1.89 bits per heavy atom. The molecule has 4 rings (SSSR count). The van der Waals surface area contributed by atoms with E-state index in [9.17, 15) is 18.8 Å². The molecule has 1 aromatic carbocycles. The fraction of sp³-hybridized carbons (Fsp3) is 0.217. The van der Waals surface area contributed by atoms with Gasteiger partial charge in [-0.2, -0.15) is 0 Å². The molecule has 0 unspecified atom stereocenters. The number of anilines is 3. The van der Waals surface area contributed by atoms with Crippen molar-refractivity contribution in [3.63, 3.8) is 0 Å². The second-order valence-electron chi connectivity index (χ2n) is 7.73. The molecule has 2 amide bonds. The number of aromatic nitrogens is 3. The second-order valence-corrected chi connectivity index (χ2v) is 7.73. The van der Waals surface area contributed by atoms with Crippen molar-refractivity contribution in [1.82, 2.24) is 20.5 Å². The van der Waals surface area contributed by atoms with E-state index in [1.807, 2.05) is 0 Å². The zero-order valence-electron chi connectivity index (χ0n) is 18.8. The Kier molecular flexibility index (Phi) is 6.53. The fourth-order valence-corrected chi connectivity index (χ4v) is 3.35. The van der Waals surface area contributed by atoms with E-state index >= 15 is 0 Å². The van der Waals surface area contributed by atoms with Gasteiger partial charge in [-0.15, -0.1) is 10.2 Å². The summed E-state index contributed by atoms with van der Waals surface area (Å²) in [6.07, 6.45) is 2.89. The van der Waals surface area contributed by atoms with Crippen molar-refractivity contribution in [1.29, 1.82) is 0 Å². The predicted molar refractivity (Wildman–Crippen MR) is 123 cm³/mol. The first kappa shape index (κ1) is 23.5. The monoisotopic (exact) mass is 480 g/mol. The van der Waals surface area contributed by atoms with Crippen LogP contribution in [0, 0.1) is 11.7 Å². The van der Waals surface area contributed by atoms with Crippen LogP contribution in [0.1, 0.15) is 33.8 Å². The molecule has 0 aliphatic heterocycles. The van der Waals surface area contributed by atoms with Crippen LogP contribution in [0.4, 0.5) is 21.6 Å². The molecule has 12 heteroatoms. The van der Waals surface area contributed by atoms with Crippen molar-refractivity contribution in [2.24, 2.45) is 5.92 Å². The highest BCUT2D eigenvalue weighted by molar-refractivity contribution is 6.00. The summed E-state index contributed by atoms with van der Waals surface area (Å²) < 4.78 is 20.2. The lowest BCUT2D eigenvalue weighted by atomic mass is 10.0. The number of amides is 2. The van der Waals surface area contributed by atoms with Gasteiger partial charge in [0.2, 0.25) is 5.91 Å². The normalized spacial score (nSPS) is 12.5. The third kappa shape index (κ3) is 5.16. The topological polar surface area (TPSA) is 155 Å². The number of carboxylic acid groups (broad SMARTS) is 1. The second kappa shape index (κ2) is 9.71. The van der Waals surface area contributed by atoms with Gasteiger partial charge < -0.3 is 25.8 Å². The molecule has 2 aromatic heterocycles. The predicted octanol–water partition coefficient (Wildman–Crippen LogP) is 2.84. The van der Waals surface area contributed by atoms with Gasteiger partial charge in [-0.25, -0.2) is 14.2 Å². The molecule has 0 bridgehead atoms. The molecule has 35 heavy (non-hydrogen) atoms. The first-order valence-electron chi connectivity index (χ1n) is 10.6. The quantitative estimate of drug-likeness (QED) is 0.381. The molecule has 0 saturated heterocycles. The van der Waals surface area contributed by atoms with Gasteiger partial charge in [-0.1, -0.05) is 6.07 Å². The molecule has 1 fully saturated rings. The van der Waals surface area contributed by atoms with Gasteiger partial charge in [-0.3, -0.25) is 9.59 Å². The van der Waals surface area contributed by atoms with Crippen LogP contribution in [0.5, 0.6) is 5.75 Å². The summed E-state index contributed by atoms with van der Waals surface area (Å²) in [4.78, 5) is 39.5. The maximum absolute atomic E-state index is 14.6. The van der Waals surface area contributed by atoms with Gasteiger partial charge in [0.05, 0.1) is 18.5 Å². The molecule has 0 spiro atoms. The van der Waals surface area contributed by atoms with Gasteiger partial charge in [-0.05, 0) is 25.0 Å². The third-order valence-corrected chi connectivity index (χ3v) is 5.26. The highest BCUT2D eigenvalue weighted by Crippen LogP contribution is 2.39. The molecule has 4 N–H and O–H groups in total. The summed E-state index contributed by atoms with van der Waals surface area (Å²) in [5.41, 5.74) is 0.761. The van der Waals surface area contributed by atoms with E-state index in [1.54, 1.807) is 0 Å². The number of pyridine rings is 1. The Labute approximate surface area is 198 Å². The summed E-state index contributed by atoms with van der Waals surface area (Å²) in [6.45, 7) is 0. The Morgan fingerprint density at radius 3 is 2.49 bits per heavy atom. The highest BCUT2D eigenvalue weighted by Gasteiger charge is 2.30. The van der Waals surface area contributed by atoms with Crippen molar-refractivity contribution < 1.29 is 28.6 Å². The standard InChI is InChI=1S/C23H21FN6O5/c1-25-22(32)19-16(9-18(29-30-19)28-21(31)11-3-4-11)27-17-8-13(24)7-14(20(17)35-2)12-5-6-15(23(33)34)26-10-12/h5-11H,3-4H2,1-2H3,(H,25,32)(H,33,34)(H2,27,28,29,31). The maximum atomic E-state index is 14.6. The lowest BCUT2D eigenvalue weighted by molar-refractivity contribution is -0.117. The summed E-state index contributed by atoms with van der Waals surface area (Å²) in [6, 6.07) is 6.57. The number of nitrogens with one attached hydrogen (secondary N) is 3. The van der Waals surface area contributed by atoms with Gasteiger partial charge in [0, 0.05) is 42.4 Å². The van der Waals surface area contributed by atoms with Crippen LogP contribution in [0.25, 0.3) is 11.1 Å². The summed E-state index contributed by atoms with van der Waals surface area (Å²) in [5.74, 6) is -2.30. The van der Waals surface area contributed by atoms with E-state index in [0.29, 0.717) is 11.1 Å². The molecule has 180 valence electrons. The lowest BCUT2D eigenvalue weighted by Gasteiger charge is -2.17. The maximum Gasteiger partial charge on any atom is 0.354 e. The van der Waals surface area contributed by atoms with Crippen molar-refractivity contribution in [3.05, 3.63) is 53.7 Å². The Balaban J connectivity index is 1.75. The lowest BCUT2D eigenvalue weighted by Crippen LogP contribution is -2.22.